The van der Waals surface area contributed by atoms with Crippen molar-refractivity contribution >= 4 is 12.1 Å². The van der Waals surface area contributed by atoms with Crippen molar-refractivity contribution in [2.75, 3.05) is 19.6 Å². The summed E-state index contributed by atoms with van der Waals surface area (Å²) in [6.07, 6.45) is 5.52. The molecule has 1 aliphatic heterocycles. The molecule has 1 amide bonds. The smallest absolute Gasteiger partial charge is 0.222 e. The van der Waals surface area contributed by atoms with Gasteiger partial charge >= 0.3 is 0 Å². The zero-order valence-electron chi connectivity index (χ0n) is 12.2. The summed E-state index contributed by atoms with van der Waals surface area (Å²) in [7, 11) is 0. The number of aromatic hydroxyl groups is 1. The molecule has 114 valence electrons. The average Bonchev–Trinajstić information content (AvgIpc) is 2.88. The van der Waals surface area contributed by atoms with Crippen molar-refractivity contribution in [3.63, 3.8) is 0 Å². The molecule has 6 nitrogen and oxygen atoms in total. The van der Waals surface area contributed by atoms with Crippen molar-refractivity contribution in [3.8, 4) is 5.75 Å². The van der Waals surface area contributed by atoms with Crippen LogP contribution in [0.2, 0.25) is 0 Å². The minimum atomic E-state index is -0.190. The van der Waals surface area contributed by atoms with Crippen LogP contribution in [0.15, 0.2) is 11.2 Å². The summed E-state index contributed by atoms with van der Waals surface area (Å²) in [5.41, 5.74) is 1.58. The number of likely N-dealkylation sites (tertiary alicyclic amines) is 1. The standard InChI is InChI=1S/C15H21N3O3/c1-11-15(21)13(12(10-19)8-17-11)9-16-5-3-7-18-6-2-4-14(18)20/h8-9,19,21H,2-7,10H2,1H3. The number of pyridine rings is 1. The minimum absolute atomic E-state index is 0.0556. The van der Waals surface area contributed by atoms with Crippen LogP contribution in [0.25, 0.3) is 0 Å². The number of aliphatic hydroxyl groups excluding tert-OH is 1. The zero-order chi connectivity index (χ0) is 15.2. The van der Waals surface area contributed by atoms with E-state index in [0.717, 1.165) is 25.9 Å². The summed E-state index contributed by atoms with van der Waals surface area (Å²) < 4.78 is 0. The quantitative estimate of drug-likeness (QED) is 0.605. The maximum atomic E-state index is 11.4. The Morgan fingerprint density at radius 1 is 1.52 bits per heavy atom. The number of hydrogen-bond acceptors (Lipinski definition) is 5. The van der Waals surface area contributed by atoms with E-state index in [2.05, 4.69) is 9.98 Å². The molecule has 1 aromatic heterocycles. The normalized spacial score (nSPS) is 15.3. The number of carbonyl (C=O) groups is 1. The fourth-order valence-electron chi connectivity index (χ4n) is 2.37. The number of aromatic nitrogens is 1. The minimum Gasteiger partial charge on any atom is -0.505 e. The molecule has 2 heterocycles. The molecular formula is C15H21N3O3. The first-order chi connectivity index (χ1) is 10.1. The van der Waals surface area contributed by atoms with E-state index in [4.69, 9.17) is 0 Å². The van der Waals surface area contributed by atoms with Gasteiger partial charge in [0.25, 0.3) is 0 Å². The maximum Gasteiger partial charge on any atom is 0.222 e. The highest BCUT2D eigenvalue weighted by molar-refractivity contribution is 5.85. The second-order valence-corrected chi connectivity index (χ2v) is 5.16. The van der Waals surface area contributed by atoms with Crippen molar-refractivity contribution in [2.45, 2.75) is 32.8 Å². The molecule has 0 spiro atoms. The molecule has 0 unspecified atom stereocenters. The van der Waals surface area contributed by atoms with Crippen molar-refractivity contribution in [2.24, 2.45) is 4.99 Å². The lowest BCUT2D eigenvalue weighted by molar-refractivity contribution is -0.127. The van der Waals surface area contributed by atoms with E-state index in [1.807, 2.05) is 4.90 Å². The van der Waals surface area contributed by atoms with Crippen molar-refractivity contribution in [3.05, 3.63) is 23.0 Å². The van der Waals surface area contributed by atoms with Crippen LogP contribution in [0, 0.1) is 6.92 Å². The van der Waals surface area contributed by atoms with E-state index >= 15 is 0 Å². The molecule has 0 bridgehead atoms. The van der Waals surface area contributed by atoms with Gasteiger partial charge < -0.3 is 15.1 Å². The van der Waals surface area contributed by atoms with E-state index < -0.39 is 0 Å². The number of rotatable bonds is 6. The zero-order valence-corrected chi connectivity index (χ0v) is 12.2. The van der Waals surface area contributed by atoms with Gasteiger partial charge in [0.1, 0.15) is 5.75 Å². The lowest BCUT2D eigenvalue weighted by Gasteiger charge is -2.14. The summed E-state index contributed by atoms with van der Waals surface area (Å²) in [5, 5.41) is 19.2. The van der Waals surface area contributed by atoms with Gasteiger partial charge in [-0.25, -0.2) is 0 Å². The lowest BCUT2D eigenvalue weighted by Crippen LogP contribution is -2.26. The number of carbonyl (C=O) groups excluding carboxylic acids is 1. The number of aliphatic hydroxyl groups is 1. The van der Waals surface area contributed by atoms with Crippen molar-refractivity contribution < 1.29 is 15.0 Å². The molecule has 0 saturated carbocycles. The second kappa shape index (κ2) is 7.17. The van der Waals surface area contributed by atoms with Crippen LogP contribution in [0.4, 0.5) is 0 Å². The molecule has 1 aliphatic rings. The lowest BCUT2D eigenvalue weighted by atomic mass is 10.1. The number of nitrogens with zero attached hydrogens (tertiary/aromatic N) is 3. The Hall–Kier alpha value is -1.95. The Morgan fingerprint density at radius 3 is 3.00 bits per heavy atom. The number of amides is 1. The van der Waals surface area contributed by atoms with E-state index in [1.165, 1.54) is 0 Å². The third-order valence-corrected chi connectivity index (χ3v) is 3.64. The summed E-state index contributed by atoms with van der Waals surface area (Å²) in [6.45, 7) is 3.67. The predicted molar refractivity (Wildman–Crippen MR) is 79.5 cm³/mol. The number of aliphatic imine (C=N–C) groups is 1. The molecular weight excluding hydrogens is 270 g/mol. The van der Waals surface area contributed by atoms with Gasteiger partial charge in [0.2, 0.25) is 5.91 Å². The second-order valence-electron chi connectivity index (χ2n) is 5.16. The van der Waals surface area contributed by atoms with Crippen LogP contribution in [0.5, 0.6) is 5.75 Å². The van der Waals surface area contributed by atoms with Gasteiger partial charge in [0.05, 0.1) is 12.3 Å². The van der Waals surface area contributed by atoms with Crippen molar-refractivity contribution in [1.82, 2.24) is 9.88 Å². The van der Waals surface area contributed by atoms with Crippen LogP contribution >= 0.6 is 0 Å². The highest BCUT2D eigenvalue weighted by atomic mass is 16.3. The van der Waals surface area contributed by atoms with Gasteiger partial charge in [-0.05, 0) is 19.8 Å². The monoisotopic (exact) mass is 291 g/mol. The summed E-state index contributed by atoms with van der Waals surface area (Å²) in [4.78, 5) is 21.6. The Balaban J connectivity index is 1.89. The van der Waals surface area contributed by atoms with E-state index in [0.29, 0.717) is 29.8 Å². The summed E-state index contributed by atoms with van der Waals surface area (Å²) in [5.74, 6) is 0.281. The third kappa shape index (κ3) is 3.78. The van der Waals surface area contributed by atoms with Gasteiger partial charge in [-0.1, -0.05) is 0 Å². The molecule has 2 N–H and O–H groups in total. The van der Waals surface area contributed by atoms with Crippen LogP contribution in [0.3, 0.4) is 0 Å². The highest BCUT2D eigenvalue weighted by Crippen LogP contribution is 2.21. The molecule has 6 heteroatoms. The predicted octanol–water partition coefficient (Wildman–Crippen LogP) is 1.02. The summed E-state index contributed by atoms with van der Waals surface area (Å²) in [6, 6.07) is 0. The first-order valence-electron chi connectivity index (χ1n) is 7.19. The van der Waals surface area contributed by atoms with Crippen LogP contribution in [-0.2, 0) is 11.4 Å². The summed E-state index contributed by atoms with van der Waals surface area (Å²) >= 11 is 0. The number of hydrogen-bond donors (Lipinski definition) is 2. The first-order valence-corrected chi connectivity index (χ1v) is 7.19. The Bertz CT molecular complexity index is 543. The fourth-order valence-corrected chi connectivity index (χ4v) is 2.37. The maximum absolute atomic E-state index is 11.4. The van der Waals surface area contributed by atoms with Crippen molar-refractivity contribution in [1.29, 1.82) is 0 Å². The van der Waals surface area contributed by atoms with Gasteiger partial charge in [-0.3, -0.25) is 14.8 Å². The Labute approximate surface area is 124 Å². The molecule has 21 heavy (non-hydrogen) atoms. The van der Waals surface area contributed by atoms with E-state index in [-0.39, 0.29) is 18.3 Å². The third-order valence-electron chi connectivity index (χ3n) is 3.64. The van der Waals surface area contributed by atoms with Gasteiger partial charge in [-0.2, -0.15) is 0 Å². The van der Waals surface area contributed by atoms with E-state index in [1.54, 1.807) is 19.3 Å². The molecule has 0 radical (unpaired) electrons. The average molecular weight is 291 g/mol. The first kappa shape index (κ1) is 15.4. The van der Waals surface area contributed by atoms with Crippen LogP contribution < -0.4 is 0 Å². The molecule has 1 aromatic rings. The number of aryl methyl sites for hydroxylation is 1. The molecule has 0 aliphatic carbocycles. The Kier molecular flexibility index (Phi) is 5.27. The van der Waals surface area contributed by atoms with Gasteiger partial charge in [0, 0.05) is 49.6 Å². The molecule has 0 aromatic carbocycles. The highest BCUT2D eigenvalue weighted by Gasteiger charge is 2.18. The molecule has 2 rings (SSSR count). The molecule has 0 atom stereocenters. The SMILES string of the molecule is Cc1ncc(CO)c(C=NCCCN2CCCC2=O)c1O. The fraction of sp³-hybridized carbons (Fsp3) is 0.533. The van der Waals surface area contributed by atoms with E-state index in [9.17, 15) is 15.0 Å². The molecule has 1 fully saturated rings. The van der Waals surface area contributed by atoms with Crippen LogP contribution in [0.1, 0.15) is 36.1 Å². The largest absolute Gasteiger partial charge is 0.505 e. The van der Waals surface area contributed by atoms with Gasteiger partial charge in [-0.15, -0.1) is 0 Å². The molecule has 1 saturated heterocycles. The van der Waals surface area contributed by atoms with Crippen LogP contribution in [-0.4, -0.2) is 51.9 Å². The van der Waals surface area contributed by atoms with Gasteiger partial charge in [0.15, 0.2) is 0 Å². The Morgan fingerprint density at radius 2 is 2.33 bits per heavy atom. The topological polar surface area (TPSA) is 86.0 Å².